The minimum Gasteiger partial charge on any atom is -0.507 e. The van der Waals surface area contributed by atoms with Crippen molar-refractivity contribution in [3.8, 4) is 17.2 Å². The lowest BCUT2D eigenvalue weighted by molar-refractivity contribution is -0.140. The monoisotopic (exact) mass is 531 g/mol. The molecule has 1 amide bonds. The largest absolute Gasteiger partial charge is 0.507 e. The Morgan fingerprint density at radius 2 is 1.67 bits per heavy atom. The molecule has 1 unspecified atom stereocenters. The second-order valence-corrected chi connectivity index (χ2v) is 9.08. The van der Waals surface area contributed by atoms with E-state index in [2.05, 4.69) is 0 Å². The van der Waals surface area contributed by atoms with Crippen molar-refractivity contribution >= 4 is 17.4 Å². The maximum Gasteiger partial charge on any atom is 0.295 e. The van der Waals surface area contributed by atoms with Crippen LogP contribution in [0.5, 0.6) is 17.2 Å². The summed E-state index contributed by atoms with van der Waals surface area (Å²) in [5.41, 5.74) is 2.83. The topological polar surface area (TPSA) is 94.5 Å². The van der Waals surface area contributed by atoms with Gasteiger partial charge >= 0.3 is 0 Å². The number of carbonyl (C=O) groups is 2. The van der Waals surface area contributed by atoms with Crippen molar-refractivity contribution in [1.82, 2.24) is 4.90 Å². The summed E-state index contributed by atoms with van der Waals surface area (Å²) < 4.78 is 22.3. The van der Waals surface area contributed by atoms with Gasteiger partial charge in [-0.2, -0.15) is 0 Å². The van der Waals surface area contributed by atoms with Gasteiger partial charge in [-0.1, -0.05) is 36.4 Å². The van der Waals surface area contributed by atoms with Crippen LogP contribution in [0, 0.1) is 6.92 Å². The Balaban J connectivity index is 1.73. The van der Waals surface area contributed by atoms with Crippen molar-refractivity contribution < 1.29 is 33.6 Å². The first-order valence-electron chi connectivity index (χ1n) is 12.7. The Morgan fingerprint density at radius 1 is 0.923 bits per heavy atom. The number of Topliss-reactive ketones (excluding diaryl/α,β-unsaturated/α-hetero) is 1. The van der Waals surface area contributed by atoms with E-state index in [4.69, 9.17) is 18.9 Å². The van der Waals surface area contributed by atoms with Gasteiger partial charge in [-0.3, -0.25) is 9.59 Å². The third kappa shape index (κ3) is 5.91. The van der Waals surface area contributed by atoms with Crippen LogP contribution in [0.2, 0.25) is 0 Å². The van der Waals surface area contributed by atoms with Crippen LogP contribution in [-0.4, -0.2) is 55.7 Å². The van der Waals surface area contributed by atoms with Crippen LogP contribution in [0.1, 0.15) is 35.2 Å². The molecule has 0 saturated carbocycles. The Labute approximate surface area is 228 Å². The lowest BCUT2D eigenvalue weighted by atomic mass is 9.94. The highest BCUT2D eigenvalue weighted by molar-refractivity contribution is 6.46. The number of rotatable bonds is 11. The van der Waals surface area contributed by atoms with Gasteiger partial charge in [0.15, 0.2) is 11.5 Å². The van der Waals surface area contributed by atoms with Gasteiger partial charge < -0.3 is 29.0 Å². The fourth-order valence-electron chi connectivity index (χ4n) is 4.63. The average Bonchev–Trinajstić information content (AvgIpc) is 3.20. The average molecular weight is 532 g/mol. The number of aliphatic hydroxyl groups excluding tert-OH is 1. The number of benzene rings is 3. The first-order chi connectivity index (χ1) is 18.9. The fraction of sp³-hybridized carbons (Fsp3) is 0.290. The highest BCUT2D eigenvalue weighted by atomic mass is 16.5. The first kappa shape index (κ1) is 27.7. The Morgan fingerprint density at radius 3 is 2.33 bits per heavy atom. The zero-order chi connectivity index (χ0) is 27.9. The zero-order valence-corrected chi connectivity index (χ0v) is 22.6. The van der Waals surface area contributed by atoms with Crippen molar-refractivity contribution in [3.05, 3.63) is 94.6 Å². The molecular formula is C31H33NO7. The van der Waals surface area contributed by atoms with Crippen LogP contribution in [0.3, 0.4) is 0 Å². The highest BCUT2D eigenvalue weighted by Crippen LogP contribution is 2.42. The van der Waals surface area contributed by atoms with Gasteiger partial charge in [-0.05, 0) is 60.9 Å². The molecule has 8 nitrogen and oxygen atoms in total. The number of likely N-dealkylation sites (tertiary alicyclic amines) is 1. The second kappa shape index (κ2) is 12.5. The van der Waals surface area contributed by atoms with E-state index < -0.39 is 17.7 Å². The van der Waals surface area contributed by atoms with Crippen LogP contribution in [-0.2, 0) is 20.9 Å². The molecule has 1 saturated heterocycles. The number of nitrogens with zero attached hydrogens (tertiary/aromatic N) is 1. The number of aryl methyl sites for hydroxylation is 1. The van der Waals surface area contributed by atoms with Gasteiger partial charge in [-0.15, -0.1) is 0 Å². The van der Waals surface area contributed by atoms with Crippen LogP contribution >= 0.6 is 0 Å². The summed E-state index contributed by atoms with van der Waals surface area (Å²) in [4.78, 5) is 27.8. The minimum absolute atomic E-state index is 0.000306. The first-order valence-corrected chi connectivity index (χ1v) is 12.7. The molecule has 0 bridgehead atoms. The SMILES string of the molecule is CCOc1ccc(C2/C(=C(/O)c3ccc(OCc4ccccc4)c(C)c3)C(=O)C(=O)N2CCOC)cc1OC. The molecular weight excluding hydrogens is 498 g/mol. The summed E-state index contributed by atoms with van der Waals surface area (Å²) in [6.07, 6.45) is 0. The van der Waals surface area contributed by atoms with Crippen molar-refractivity contribution in [3.63, 3.8) is 0 Å². The van der Waals surface area contributed by atoms with Crippen LogP contribution in [0.4, 0.5) is 0 Å². The van der Waals surface area contributed by atoms with Gasteiger partial charge in [0.05, 0.1) is 31.9 Å². The molecule has 1 N–H and O–H groups in total. The Hall–Kier alpha value is -4.30. The van der Waals surface area contributed by atoms with Crippen molar-refractivity contribution in [2.24, 2.45) is 0 Å². The van der Waals surface area contributed by atoms with E-state index in [0.717, 1.165) is 11.1 Å². The smallest absolute Gasteiger partial charge is 0.295 e. The number of hydrogen-bond acceptors (Lipinski definition) is 7. The van der Waals surface area contributed by atoms with E-state index in [0.29, 0.717) is 41.6 Å². The number of methoxy groups -OCH3 is 2. The maximum absolute atomic E-state index is 13.3. The Bertz CT molecular complexity index is 1370. The van der Waals surface area contributed by atoms with E-state index in [9.17, 15) is 14.7 Å². The normalized spacial score (nSPS) is 16.4. The predicted octanol–water partition coefficient (Wildman–Crippen LogP) is 5.05. The van der Waals surface area contributed by atoms with Gasteiger partial charge in [0.1, 0.15) is 18.1 Å². The van der Waals surface area contributed by atoms with Crippen LogP contribution in [0.15, 0.2) is 72.3 Å². The van der Waals surface area contributed by atoms with E-state index in [1.54, 1.807) is 36.4 Å². The lowest BCUT2D eigenvalue weighted by Crippen LogP contribution is -2.32. The van der Waals surface area contributed by atoms with E-state index in [1.807, 2.05) is 44.2 Å². The standard InChI is InChI=1S/C31H33NO7/c1-5-38-25-14-11-22(18-26(25)37-4)28-27(30(34)31(35)32(28)15-16-36-3)29(33)23-12-13-24(20(2)17-23)39-19-21-9-7-6-8-10-21/h6-14,17-18,28,33H,5,15-16,19H2,1-4H3/b29-27-. The number of carbonyl (C=O) groups excluding carboxylic acids is 2. The second-order valence-electron chi connectivity index (χ2n) is 9.08. The molecule has 1 fully saturated rings. The summed E-state index contributed by atoms with van der Waals surface area (Å²) in [6.45, 7) is 4.98. The molecule has 0 aromatic heterocycles. The Kier molecular flexibility index (Phi) is 8.88. The molecule has 1 atom stereocenters. The summed E-state index contributed by atoms with van der Waals surface area (Å²) in [5, 5.41) is 11.4. The molecule has 1 aliphatic heterocycles. The van der Waals surface area contributed by atoms with Crippen LogP contribution < -0.4 is 14.2 Å². The highest BCUT2D eigenvalue weighted by Gasteiger charge is 2.46. The fourth-order valence-corrected chi connectivity index (χ4v) is 4.63. The number of aliphatic hydroxyl groups is 1. The van der Waals surface area contributed by atoms with Crippen molar-refractivity contribution in [2.75, 3.05) is 34.0 Å². The summed E-state index contributed by atoms with van der Waals surface area (Å²) in [6, 6.07) is 19.4. The molecule has 0 radical (unpaired) electrons. The van der Waals surface area contributed by atoms with E-state index in [1.165, 1.54) is 19.1 Å². The lowest BCUT2D eigenvalue weighted by Gasteiger charge is -2.25. The molecule has 0 spiro atoms. The summed E-state index contributed by atoms with van der Waals surface area (Å²) in [5.74, 6) is -0.0659. The molecule has 1 aliphatic rings. The summed E-state index contributed by atoms with van der Waals surface area (Å²) >= 11 is 0. The molecule has 3 aromatic rings. The van der Waals surface area contributed by atoms with E-state index >= 15 is 0 Å². The summed E-state index contributed by atoms with van der Waals surface area (Å²) in [7, 11) is 3.05. The number of amides is 1. The van der Waals surface area contributed by atoms with Gasteiger partial charge in [0.2, 0.25) is 0 Å². The molecule has 4 rings (SSSR count). The van der Waals surface area contributed by atoms with Gasteiger partial charge in [-0.25, -0.2) is 0 Å². The quantitative estimate of drug-likeness (QED) is 0.210. The van der Waals surface area contributed by atoms with Gasteiger partial charge in [0, 0.05) is 19.2 Å². The molecule has 39 heavy (non-hydrogen) atoms. The molecule has 0 aliphatic carbocycles. The predicted molar refractivity (Wildman–Crippen MR) is 147 cm³/mol. The number of hydrogen-bond donors (Lipinski definition) is 1. The molecule has 3 aromatic carbocycles. The van der Waals surface area contributed by atoms with Crippen molar-refractivity contribution in [2.45, 2.75) is 26.5 Å². The minimum atomic E-state index is -0.834. The van der Waals surface area contributed by atoms with Crippen LogP contribution in [0.25, 0.3) is 5.76 Å². The molecule has 204 valence electrons. The molecule has 1 heterocycles. The number of ketones is 1. The zero-order valence-electron chi connectivity index (χ0n) is 22.6. The third-order valence-electron chi connectivity index (χ3n) is 6.57. The van der Waals surface area contributed by atoms with Crippen molar-refractivity contribution in [1.29, 1.82) is 0 Å². The third-order valence-corrected chi connectivity index (χ3v) is 6.57. The molecule has 8 heteroatoms. The van der Waals surface area contributed by atoms with E-state index in [-0.39, 0.29) is 24.5 Å². The maximum atomic E-state index is 13.3. The number of ether oxygens (including phenoxy) is 4. The van der Waals surface area contributed by atoms with Gasteiger partial charge in [0.25, 0.3) is 11.7 Å².